The minimum absolute atomic E-state index is 0.0796. The summed E-state index contributed by atoms with van der Waals surface area (Å²) in [6.45, 7) is 17.2. The molecule has 0 aromatic rings. The highest BCUT2D eigenvalue weighted by Gasteiger charge is 2.24. The zero-order chi connectivity index (χ0) is 46.9. The third kappa shape index (κ3) is 41.2. The molecule has 3 unspecified atom stereocenters. The van der Waals surface area contributed by atoms with Gasteiger partial charge in [0.2, 0.25) is 0 Å². The van der Waals surface area contributed by atoms with Crippen molar-refractivity contribution in [2.45, 2.75) is 303 Å². The molecule has 0 spiro atoms. The van der Waals surface area contributed by atoms with Gasteiger partial charge in [-0.3, -0.25) is 9.80 Å². The van der Waals surface area contributed by atoms with Gasteiger partial charge >= 0.3 is 0 Å². The Morgan fingerprint density at radius 2 is 0.892 bits per heavy atom. The van der Waals surface area contributed by atoms with Crippen LogP contribution in [0.1, 0.15) is 285 Å². The fourth-order valence-electron chi connectivity index (χ4n) is 10.2. The minimum Gasteiger partial charge on any atom is -0.395 e. The van der Waals surface area contributed by atoms with Crippen molar-refractivity contribution in [1.82, 2.24) is 9.80 Å². The van der Waals surface area contributed by atoms with E-state index in [9.17, 15) is 10.2 Å². The summed E-state index contributed by atoms with van der Waals surface area (Å²) in [5.41, 5.74) is 0. The lowest BCUT2D eigenvalue weighted by Crippen LogP contribution is -2.44. The number of aliphatic hydroxyl groups excluding tert-OH is 2. The van der Waals surface area contributed by atoms with E-state index >= 15 is 0 Å². The molecule has 1 fully saturated rings. The van der Waals surface area contributed by atoms with E-state index in [4.69, 9.17) is 14.2 Å². The van der Waals surface area contributed by atoms with E-state index in [2.05, 4.69) is 37.5 Å². The lowest BCUT2D eigenvalue weighted by atomic mass is 9.95. The second-order valence-corrected chi connectivity index (χ2v) is 20.8. The first-order valence-corrected chi connectivity index (χ1v) is 29.6. The van der Waals surface area contributed by atoms with Crippen molar-refractivity contribution in [2.75, 3.05) is 65.8 Å². The van der Waals surface area contributed by atoms with Gasteiger partial charge in [-0.15, -0.1) is 0 Å². The normalized spacial score (nSPS) is 15.0. The topological polar surface area (TPSA) is 74.6 Å². The summed E-state index contributed by atoms with van der Waals surface area (Å²) < 4.78 is 19.3. The molecule has 7 nitrogen and oxygen atoms in total. The van der Waals surface area contributed by atoms with Gasteiger partial charge in [-0.25, -0.2) is 0 Å². The maximum absolute atomic E-state index is 10.9. The fraction of sp³-hybridized carbons (Fsp3) is 1.00. The molecule has 0 saturated heterocycles. The minimum atomic E-state index is -0.650. The van der Waals surface area contributed by atoms with E-state index in [1.807, 2.05) is 0 Å². The Hall–Kier alpha value is -0.280. The van der Waals surface area contributed by atoms with Gasteiger partial charge in [0.15, 0.2) is 6.29 Å². The summed E-state index contributed by atoms with van der Waals surface area (Å²) >= 11 is 0. The number of hydrogen-bond acceptors (Lipinski definition) is 7. The molecule has 3 atom stereocenters. The van der Waals surface area contributed by atoms with Crippen molar-refractivity contribution in [2.24, 2.45) is 5.92 Å². The van der Waals surface area contributed by atoms with E-state index in [0.29, 0.717) is 25.2 Å². The predicted octanol–water partition coefficient (Wildman–Crippen LogP) is 16.0. The van der Waals surface area contributed by atoms with Crippen molar-refractivity contribution in [3.63, 3.8) is 0 Å². The van der Waals surface area contributed by atoms with Crippen LogP contribution in [0.25, 0.3) is 0 Å². The van der Waals surface area contributed by atoms with Crippen LogP contribution in [-0.2, 0) is 14.2 Å². The quantitative estimate of drug-likeness (QED) is 0.0465. The zero-order valence-electron chi connectivity index (χ0n) is 44.7. The highest BCUT2D eigenvalue weighted by Crippen LogP contribution is 2.24. The van der Waals surface area contributed by atoms with Crippen LogP contribution in [0, 0.1) is 5.92 Å². The molecule has 0 amide bonds. The van der Waals surface area contributed by atoms with Crippen LogP contribution < -0.4 is 0 Å². The molecule has 1 aliphatic rings. The Morgan fingerprint density at radius 1 is 0.446 bits per heavy atom. The number of aliphatic hydroxyl groups is 2. The number of rotatable bonds is 54. The Labute approximate surface area is 407 Å². The highest BCUT2D eigenvalue weighted by atomic mass is 16.6. The largest absolute Gasteiger partial charge is 0.395 e. The molecule has 0 radical (unpaired) electrons. The molecule has 0 aliphatic heterocycles. The van der Waals surface area contributed by atoms with E-state index in [1.54, 1.807) is 0 Å². The number of ether oxygens (including phenoxy) is 3. The maximum Gasteiger partial charge on any atom is 0.154 e. The van der Waals surface area contributed by atoms with Gasteiger partial charge in [0.25, 0.3) is 0 Å². The fourth-order valence-corrected chi connectivity index (χ4v) is 10.2. The molecule has 0 bridgehead atoms. The summed E-state index contributed by atoms with van der Waals surface area (Å²) in [6, 6.07) is 0.611. The van der Waals surface area contributed by atoms with Crippen molar-refractivity contribution < 1.29 is 24.4 Å². The van der Waals surface area contributed by atoms with Gasteiger partial charge in [-0.1, -0.05) is 227 Å². The van der Waals surface area contributed by atoms with Crippen LogP contribution in [0.4, 0.5) is 0 Å². The summed E-state index contributed by atoms with van der Waals surface area (Å²) in [4.78, 5) is 5.21. The Morgan fingerprint density at radius 3 is 1.42 bits per heavy atom. The summed E-state index contributed by atoms with van der Waals surface area (Å²) in [5, 5.41) is 20.9. The van der Waals surface area contributed by atoms with Gasteiger partial charge in [0, 0.05) is 45.4 Å². The number of nitrogens with zero attached hydrogens (tertiary/aromatic N) is 2. The summed E-state index contributed by atoms with van der Waals surface area (Å²) in [5.74, 6) is 0.579. The first-order valence-electron chi connectivity index (χ1n) is 29.6. The van der Waals surface area contributed by atoms with Crippen LogP contribution in [-0.4, -0.2) is 104 Å². The summed E-state index contributed by atoms with van der Waals surface area (Å²) in [6.07, 6.45) is 51.1. The predicted molar refractivity (Wildman–Crippen MR) is 282 cm³/mol. The molecular formula is C58H118N2O5. The Balaban J connectivity index is 2.73. The third-order valence-corrected chi connectivity index (χ3v) is 14.6. The molecule has 1 saturated carbocycles. The van der Waals surface area contributed by atoms with Crippen molar-refractivity contribution in [3.8, 4) is 0 Å². The van der Waals surface area contributed by atoms with Gasteiger partial charge in [0.05, 0.1) is 25.9 Å². The monoisotopic (exact) mass is 923 g/mol. The Bertz CT molecular complexity index is 905. The van der Waals surface area contributed by atoms with E-state index < -0.39 is 6.29 Å². The molecule has 2 N–H and O–H groups in total. The highest BCUT2D eigenvalue weighted by molar-refractivity contribution is 4.79. The average molecular weight is 924 g/mol. The molecule has 1 rings (SSSR count). The van der Waals surface area contributed by atoms with Crippen molar-refractivity contribution >= 4 is 0 Å². The van der Waals surface area contributed by atoms with E-state index in [-0.39, 0.29) is 12.7 Å². The molecule has 7 heteroatoms. The zero-order valence-corrected chi connectivity index (χ0v) is 44.7. The van der Waals surface area contributed by atoms with Crippen LogP contribution in [0.15, 0.2) is 0 Å². The van der Waals surface area contributed by atoms with Crippen LogP contribution in [0.5, 0.6) is 0 Å². The van der Waals surface area contributed by atoms with Crippen LogP contribution >= 0.6 is 0 Å². The second-order valence-electron chi connectivity index (χ2n) is 20.8. The smallest absolute Gasteiger partial charge is 0.154 e. The number of hydrogen-bond donors (Lipinski definition) is 2. The van der Waals surface area contributed by atoms with Gasteiger partial charge in [-0.2, -0.15) is 0 Å². The molecular weight excluding hydrogens is 805 g/mol. The SMILES string of the molecule is CCCCCCCCCCCCOCC(CN(CCCCCC(O)OCC(CCCCCC)CCCCCCCC)CCN(CCO)C1CCCC1)OCCCCCCCCCCCC. The third-order valence-electron chi connectivity index (χ3n) is 14.6. The molecule has 0 heterocycles. The van der Waals surface area contributed by atoms with E-state index in [1.165, 1.54) is 218 Å². The molecule has 0 aromatic heterocycles. The maximum atomic E-state index is 10.9. The van der Waals surface area contributed by atoms with E-state index in [0.717, 1.165) is 84.5 Å². The van der Waals surface area contributed by atoms with Crippen LogP contribution in [0.2, 0.25) is 0 Å². The first kappa shape index (κ1) is 62.7. The summed E-state index contributed by atoms with van der Waals surface area (Å²) in [7, 11) is 0. The second kappa shape index (κ2) is 50.1. The van der Waals surface area contributed by atoms with Crippen LogP contribution in [0.3, 0.4) is 0 Å². The number of unbranched alkanes of at least 4 members (excludes halogenated alkanes) is 28. The van der Waals surface area contributed by atoms with Gasteiger partial charge < -0.3 is 24.4 Å². The lowest BCUT2D eigenvalue weighted by molar-refractivity contribution is -0.115. The van der Waals surface area contributed by atoms with Gasteiger partial charge in [-0.05, 0) is 70.3 Å². The first-order chi connectivity index (χ1) is 32.1. The standard InChI is InChI=1S/C58H118N2O5/c1-5-9-13-17-20-22-24-26-29-38-50-63-54-57(64-51-39-30-27-25-23-21-18-14-10-6-2)52-59(46-47-60(48-49-61)56-42-35-36-43-56)45-37-31-34-44-58(62)65-53-55(40-32-16-12-8-4)41-33-28-19-15-11-7-3/h55-58,61-62H,5-54H2,1-4H3. The molecule has 390 valence electrons. The molecule has 65 heavy (non-hydrogen) atoms. The van der Waals surface area contributed by atoms with Gasteiger partial charge in [0.1, 0.15) is 0 Å². The molecule has 1 aliphatic carbocycles. The van der Waals surface area contributed by atoms with Crippen molar-refractivity contribution in [1.29, 1.82) is 0 Å². The van der Waals surface area contributed by atoms with Crippen molar-refractivity contribution in [3.05, 3.63) is 0 Å². The molecule has 0 aromatic carbocycles. The Kier molecular flexibility index (Phi) is 48.4. The lowest BCUT2D eigenvalue weighted by Gasteiger charge is -2.33. The average Bonchev–Trinajstić information content (AvgIpc) is 3.86.